The molecule has 5 nitrogen and oxygen atoms in total. The first kappa shape index (κ1) is 13.8. The van der Waals surface area contributed by atoms with Crippen molar-refractivity contribution in [2.45, 2.75) is 13.0 Å². The smallest absolute Gasteiger partial charge is 0.255 e. The largest absolute Gasteiger partial charge is 0.334 e. The van der Waals surface area contributed by atoms with Crippen LogP contribution in [-0.4, -0.2) is 32.3 Å². The summed E-state index contributed by atoms with van der Waals surface area (Å²) in [4.78, 5) is 26.8. The molecule has 0 aromatic carbocycles. The summed E-state index contributed by atoms with van der Waals surface area (Å²) in [5, 5.41) is 0.952. The van der Waals surface area contributed by atoms with E-state index in [4.69, 9.17) is 0 Å². The van der Waals surface area contributed by atoms with Crippen molar-refractivity contribution in [1.29, 1.82) is 0 Å². The first-order valence-electron chi connectivity index (χ1n) is 7.34. The van der Waals surface area contributed by atoms with E-state index in [2.05, 4.69) is 15.0 Å². The van der Waals surface area contributed by atoms with Crippen LogP contribution in [0, 0.1) is 5.82 Å². The van der Waals surface area contributed by atoms with Gasteiger partial charge < -0.3 is 4.90 Å². The van der Waals surface area contributed by atoms with Crippen LogP contribution in [0.1, 0.15) is 21.6 Å². The third-order valence-electron chi connectivity index (χ3n) is 3.98. The van der Waals surface area contributed by atoms with Gasteiger partial charge in [-0.2, -0.15) is 0 Å². The molecule has 0 aliphatic carbocycles. The minimum Gasteiger partial charge on any atom is -0.334 e. The zero-order valence-corrected chi connectivity index (χ0v) is 12.2. The molecule has 23 heavy (non-hydrogen) atoms. The SMILES string of the molecule is O=C(c1cncc(F)c1)N1CCc2nc3ncccc3cc2C1. The molecule has 114 valence electrons. The number of amides is 1. The lowest BCUT2D eigenvalue weighted by atomic mass is 10.0. The first-order chi connectivity index (χ1) is 11.2. The van der Waals surface area contributed by atoms with E-state index in [9.17, 15) is 9.18 Å². The van der Waals surface area contributed by atoms with E-state index in [-0.39, 0.29) is 11.5 Å². The van der Waals surface area contributed by atoms with Gasteiger partial charge in [-0.15, -0.1) is 0 Å². The predicted molar refractivity (Wildman–Crippen MR) is 82.2 cm³/mol. The number of nitrogens with zero attached hydrogens (tertiary/aromatic N) is 4. The average molecular weight is 308 g/mol. The van der Waals surface area contributed by atoms with Crippen LogP contribution in [0.5, 0.6) is 0 Å². The quantitative estimate of drug-likeness (QED) is 0.692. The fourth-order valence-electron chi connectivity index (χ4n) is 2.85. The fraction of sp³-hybridized carbons (Fsp3) is 0.176. The minimum atomic E-state index is -0.507. The summed E-state index contributed by atoms with van der Waals surface area (Å²) in [7, 11) is 0. The topological polar surface area (TPSA) is 59.0 Å². The number of fused-ring (bicyclic) bond motifs is 2. The Bertz CT molecular complexity index is 912. The molecule has 0 spiro atoms. The molecule has 0 saturated heterocycles. The molecule has 4 rings (SSSR count). The van der Waals surface area contributed by atoms with Gasteiger partial charge in [-0.3, -0.25) is 9.78 Å². The van der Waals surface area contributed by atoms with Crippen molar-refractivity contribution < 1.29 is 9.18 Å². The number of hydrogen-bond acceptors (Lipinski definition) is 4. The number of aromatic nitrogens is 3. The summed E-state index contributed by atoms with van der Waals surface area (Å²) in [5.41, 5.74) is 2.97. The Morgan fingerprint density at radius 1 is 1.26 bits per heavy atom. The van der Waals surface area contributed by atoms with Gasteiger partial charge in [0.1, 0.15) is 5.82 Å². The summed E-state index contributed by atoms with van der Waals surface area (Å²) in [6.07, 6.45) is 4.86. The summed E-state index contributed by atoms with van der Waals surface area (Å²) in [5.74, 6) is -0.721. The molecule has 1 amide bonds. The Morgan fingerprint density at radius 3 is 3.04 bits per heavy atom. The van der Waals surface area contributed by atoms with E-state index in [1.165, 1.54) is 12.3 Å². The molecule has 0 radical (unpaired) electrons. The van der Waals surface area contributed by atoms with Crippen molar-refractivity contribution >= 4 is 16.9 Å². The van der Waals surface area contributed by atoms with Crippen molar-refractivity contribution in [2.75, 3.05) is 6.54 Å². The monoisotopic (exact) mass is 308 g/mol. The van der Waals surface area contributed by atoms with Crippen LogP contribution in [0.25, 0.3) is 11.0 Å². The third-order valence-corrected chi connectivity index (χ3v) is 3.98. The number of carbonyl (C=O) groups excluding carboxylic acids is 1. The Hall–Kier alpha value is -2.89. The van der Waals surface area contributed by atoms with Crippen LogP contribution in [0.3, 0.4) is 0 Å². The van der Waals surface area contributed by atoms with Gasteiger partial charge in [-0.25, -0.2) is 14.4 Å². The molecule has 6 heteroatoms. The maximum atomic E-state index is 13.3. The number of rotatable bonds is 1. The molecule has 3 aromatic heterocycles. The second kappa shape index (κ2) is 5.39. The lowest BCUT2D eigenvalue weighted by Crippen LogP contribution is -2.36. The Balaban J connectivity index is 1.65. The van der Waals surface area contributed by atoms with Gasteiger partial charge in [0.25, 0.3) is 5.91 Å². The Kier molecular flexibility index (Phi) is 3.22. The summed E-state index contributed by atoms with van der Waals surface area (Å²) >= 11 is 0. The molecular formula is C17H13FN4O. The minimum absolute atomic E-state index is 0.214. The van der Waals surface area contributed by atoms with Crippen molar-refractivity contribution in [2.24, 2.45) is 0 Å². The van der Waals surface area contributed by atoms with Gasteiger partial charge in [0.05, 0.1) is 11.8 Å². The normalized spacial score (nSPS) is 13.9. The summed E-state index contributed by atoms with van der Waals surface area (Å²) in [6, 6.07) is 7.05. The highest BCUT2D eigenvalue weighted by Crippen LogP contribution is 2.22. The van der Waals surface area contributed by atoms with E-state index in [1.54, 1.807) is 11.1 Å². The van der Waals surface area contributed by atoms with E-state index >= 15 is 0 Å². The van der Waals surface area contributed by atoms with Crippen LogP contribution in [0.4, 0.5) is 4.39 Å². The van der Waals surface area contributed by atoms with Gasteiger partial charge in [0.2, 0.25) is 0 Å². The van der Waals surface area contributed by atoms with Crippen LogP contribution >= 0.6 is 0 Å². The van der Waals surface area contributed by atoms with Crippen LogP contribution in [-0.2, 0) is 13.0 Å². The Labute approximate surface area is 131 Å². The zero-order valence-electron chi connectivity index (χ0n) is 12.2. The fourth-order valence-corrected chi connectivity index (χ4v) is 2.85. The average Bonchev–Trinajstić information content (AvgIpc) is 2.59. The lowest BCUT2D eigenvalue weighted by molar-refractivity contribution is 0.0732. The van der Waals surface area contributed by atoms with Gasteiger partial charge in [0.15, 0.2) is 5.65 Å². The van der Waals surface area contributed by atoms with Gasteiger partial charge >= 0.3 is 0 Å². The number of carbonyl (C=O) groups is 1. The van der Waals surface area contributed by atoms with Crippen molar-refractivity contribution in [3.63, 3.8) is 0 Å². The van der Waals surface area contributed by atoms with E-state index in [0.29, 0.717) is 19.5 Å². The van der Waals surface area contributed by atoms with Gasteiger partial charge in [0, 0.05) is 43.0 Å². The van der Waals surface area contributed by atoms with Crippen molar-refractivity contribution in [1.82, 2.24) is 19.9 Å². The lowest BCUT2D eigenvalue weighted by Gasteiger charge is -2.28. The third kappa shape index (κ3) is 2.52. The second-order valence-corrected chi connectivity index (χ2v) is 5.51. The molecule has 0 unspecified atom stereocenters. The molecule has 0 N–H and O–H groups in total. The molecule has 0 fully saturated rings. The number of hydrogen-bond donors (Lipinski definition) is 0. The molecule has 4 heterocycles. The van der Waals surface area contributed by atoms with E-state index in [0.717, 1.165) is 28.5 Å². The highest BCUT2D eigenvalue weighted by Gasteiger charge is 2.23. The second-order valence-electron chi connectivity index (χ2n) is 5.51. The molecular weight excluding hydrogens is 295 g/mol. The maximum absolute atomic E-state index is 13.3. The van der Waals surface area contributed by atoms with Crippen molar-refractivity contribution in [3.05, 3.63) is 65.5 Å². The Morgan fingerprint density at radius 2 is 2.17 bits per heavy atom. The van der Waals surface area contributed by atoms with Gasteiger partial charge in [-0.1, -0.05) is 0 Å². The summed E-state index contributed by atoms with van der Waals surface area (Å²) < 4.78 is 13.3. The first-order valence-corrected chi connectivity index (χ1v) is 7.34. The van der Waals surface area contributed by atoms with Crippen molar-refractivity contribution in [3.8, 4) is 0 Å². The highest BCUT2D eigenvalue weighted by atomic mass is 19.1. The molecule has 0 bridgehead atoms. The summed E-state index contributed by atoms with van der Waals surface area (Å²) in [6.45, 7) is 1.01. The zero-order chi connectivity index (χ0) is 15.8. The highest BCUT2D eigenvalue weighted by molar-refractivity contribution is 5.94. The maximum Gasteiger partial charge on any atom is 0.255 e. The molecule has 3 aromatic rings. The predicted octanol–water partition coefficient (Wildman–Crippen LogP) is 2.36. The van der Waals surface area contributed by atoms with E-state index in [1.807, 2.05) is 18.2 Å². The van der Waals surface area contributed by atoms with E-state index < -0.39 is 5.82 Å². The molecule has 0 atom stereocenters. The molecule has 1 aliphatic rings. The number of pyridine rings is 3. The number of halogens is 1. The standard InChI is InChI=1S/C17H13FN4O/c18-14-7-12(8-19-9-14)17(23)22-5-3-15-13(10-22)6-11-2-1-4-20-16(11)21-15/h1-2,4,6-9H,3,5,10H2. The van der Waals surface area contributed by atoms with Crippen LogP contribution < -0.4 is 0 Å². The van der Waals surface area contributed by atoms with Crippen LogP contribution in [0.15, 0.2) is 42.9 Å². The van der Waals surface area contributed by atoms with Crippen LogP contribution in [0.2, 0.25) is 0 Å². The molecule has 0 saturated carbocycles. The molecule has 1 aliphatic heterocycles. The van der Waals surface area contributed by atoms with Gasteiger partial charge in [-0.05, 0) is 29.8 Å².